The predicted molar refractivity (Wildman–Crippen MR) is 104 cm³/mol. The van der Waals surface area contributed by atoms with Gasteiger partial charge in [0.05, 0.1) is 12.2 Å². The Hall–Kier alpha value is -2.76. The van der Waals surface area contributed by atoms with Crippen molar-refractivity contribution in [1.29, 1.82) is 0 Å². The van der Waals surface area contributed by atoms with Gasteiger partial charge in [-0.3, -0.25) is 4.79 Å². The zero-order valence-electron chi connectivity index (χ0n) is 14.3. The number of ether oxygens (including phenoxy) is 1. The number of anilines is 1. The molecule has 5 nitrogen and oxygen atoms in total. The van der Waals surface area contributed by atoms with Crippen LogP contribution in [0.3, 0.4) is 0 Å². The first-order valence-electron chi connectivity index (χ1n) is 8.08. The average molecular weight is 404 g/mol. The molecule has 0 amide bonds. The molecule has 2 aromatic carbocycles. The molecular weight excluding hydrogens is 389 g/mol. The van der Waals surface area contributed by atoms with Gasteiger partial charge in [0.2, 0.25) is 5.88 Å². The van der Waals surface area contributed by atoms with Crippen LogP contribution in [0.1, 0.15) is 33.2 Å². The number of halogens is 2. The first-order valence-corrected chi connectivity index (χ1v) is 8.83. The van der Waals surface area contributed by atoms with E-state index in [0.717, 1.165) is 0 Å². The Morgan fingerprint density at radius 2 is 1.74 bits per heavy atom. The Balaban J connectivity index is 2.23. The highest BCUT2D eigenvalue weighted by Crippen LogP contribution is 2.36. The molecule has 3 rings (SSSR count). The Labute approximate surface area is 165 Å². The quantitative estimate of drug-likeness (QED) is 0.464. The Bertz CT molecular complexity index is 1010. The molecule has 0 bridgehead atoms. The molecule has 138 valence electrons. The Morgan fingerprint density at radius 1 is 1.04 bits per heavy atom. The second-order valence-electron chi connectivity index (χ2n) is 5.61. The summed E-state index contributed by atoms with van der Waals surface area (Å²) >= 11 is 12.0. The Kier molecular flexibility index (Phi) is 5.54. The summed E-state index contributed by atoms with van der Waals surface area (Å²) in [5.74, 6) is -1.21. The van der Waals surface area contributed by atoms with Crippen LogP contribution in [-0.4, -0.2) is 18.4 Å². The number of carbonyl (C=O) groups excluding carboxylic acids is 2. The lowest BCUT2D eigenvalue weighted by atomic mass is 9.96. The molecule has 27 heavy (non-hydrogen) atoms. The highest BCUT2D eigenvalue weighted by molar-refractivity contribution is 6.31. The number of esters is 1. The van der Waals surface area contributed by atoms with Crippen LogP contribution in [0.2, 0.25) is 10.0 Å². The monoisotopic (exact) mass is 403 g/mol. The lowest BCUT2D eigenvalue weighted by molar-refractivity contribution is 0.0524. The largest absolute Gasteiger partial charge is 0.462 e. The second-order valence-corrected chi connectivity index (χ2v) is 6.49. The van der Waals surface area contributed by atoms with Crippen molar-refractivity contribution >= 4 is 40.8 Å². The highest BCUT2D eigenvalue weighted by atomic mass is 35.5. The molecule has 2 N–H and O–H groups in total. The van der Waals surface area contributed by atoms with Crippen LogP contribution < -0.4 is 5.73 Å². The van der Waals surface area contributed by atoms with Crippen LogP contribution in [-0.2, 0) is 4.74 Å². The van der Waals surface area contributed by atoms with Crippen LogP contribution in [0, 0.1) is 0 Å². The van der Waals surface area contributed by atoms with Gasteiger partial charge in [-0.25, -0.2) is 4.79 Å². The topological polar surface area (TPSA) is 82.5 Å². The maximum Gasteiger partial charge on any atom is 0.344 e. The van der Waals surface area contributed by atoms with Crippen LogP contribution in [0.4, 0.5) is 5.88 Å². The number of carbonyl (C=O) groups is 2. The molecular formula is C20H15Cl2NO4. The van der Waals surface area contributed by atoms with Crippen LogP contribution >= 0.6 is 23.2 Å². The van der Waals surface area contributed by atoms with Crippen molar-refractivity contribution in [3.8, 4) is 11.3 Å². The van der Waals surface area contributed by atoms with E-state index in [-0.39, 0.29) is 29.4 Å². The number of nitrogen functional groups attached to an aromatic ring is 1. The van der Waals surface area contributed by atoms with Crippen LogP contribution in [0.15, 0.2) is 52.9 Å². The van der Waals surface area contributed by atoms with E-state index in [2.05, 4.69) is 0 Å². The molecule has 0 radical (unpaired) electrons. The molecule has 0 saturated heterocycles. The number of rotatable bonds is 5. The minimum absolute atomic E-state index is 0.0236. The second kappa shape index (κ2) is 7.86. The number of furan rings is 1. The minimum atomic E-state index is -0.732. The third-order valence-electron chi connectivity index (χ3n) is 3.84. The number of ketones is 1. The fourth-order valence-corrected chi connectivity index (χ4v) is 2.97. The Morgan fingerprint density at radius 3 is 2.37 bits per heavy atom. The molecule has 0 spiro atoms. The summed E-state index contributed by atoms with van der Waals surface area (Å²) in [6.45, 7) is 1.79. The zero-order valence-corrected chi connectivity index (χ0v) is 15.8. The van der Waals surface area contributed by atoms with E-state index in [1.165, 1.54) is 0 Å². The van der Waals surface area contributed by atoms with Gasteiger partial charge < -0.3 is 14.9 Å². The van der Waals surface area contributed by atoms with Gasteiger partial charge in [0, 0.05) is 21.2 Å². The lowest BCUT2D eigenvalue weighted by Gasteiger charge is -2.06. The molecule has 0 aliphatic heterocycles. The molecule has 0 aliphatic carbocycles. The van der Waals surface area contributed by atoms with E-state index in [0.29, 0.717) is 21.2 Å². The summed E-state index contributed by atoms with van der Waals surface area (Å²) in [6.07, 6.45) is 0. The van der Waals surface area contributed by atoms with Gasteiger partial charge in [-0.15, -0.1) is 0 Å². The van der Waals surface area contributed by atoms with E-state index in [4.69, 9.17) is 38.1 Å². The first-order chi connectivity index (χ1) is 12.9. The summed E-state index contributed by atoms with van der Waals surface area (Å²) in [6, 6.07) is 13.0. The molecule has 0 atom stereocenters. The molecule has 0 unspecified atom stereocenters. The number of hydrogen-bond donors (Lipinski definition) is 1. The summed E-state index contributed by atoms with van der Waals surface area (Å²) < 4.78 is 10.6. The number of nitrogens with two attached hydrogens (primary N) is 1. The third-order valence-corrected chi connectivity index (χ3v) is 4.32. The molecule has 1 heterocycles. The zero-order chi connectivity index (χ0) is 19.6. The van der Waals surface area contributed by atoms with Gasteiger partial charge in [0.1, 0.15) is 11.3 Å². The van der Waals surface area contributed by atoms with E-state index in [9.17, 15) is 9.59 Å². The third kappa shape index (κ3) is 3.84. The normalized spacial score (nSPS) is 10.6. The maximum atomic E-state index is 13.2. The van der Waals surface area contributed by atoms with Crippen LogP contribution in [0.25, 0.3) is 11.3 Å². The van der Waals surface area contributed by atoms with E-state index in [1.807, 2.05) is 0 Å². The van der Waals surface area contributed by atoms with E-state index in [1.54, 1.807) is 55.5 Å². The van der Waals surface area contributed by atoms with Crippen molar-refractivity contribution in [3.63, 3.8) is 0 Å². The van der Waals surface area contributed by atoms with E-state index >= 15 is 0 Å². The smallest absolute Gasteiger partial charge is 0.344 e. The van der Waals surface area contributed by atoms with Gasteiger partial charge in [-0.1, -0.05) is 35.3 Å². The van der Waals surface area contributed by atoms with Crippen molar-refractivity contribution in [1.82, 2.24) is 0 Å². The molecule has 1 aromatic heterocycles. The van der Waals surface area contributed by atoms with Gasteiger partial charge in [-0.2, -0.15) is 0 Å². The van der Waals surface area contributed by atoms with Gasteiger partial charge >= 0.3 is 5.97 Å². The van der Waals surface area contributed by atoms with Gasteiger partial charge in [-0.05, 0) is 43.3 Å². The van der Waals surface area contributed by atoms with E-state index < -0.39 is 11.8 Å². The minimum Gasteiger partial charge on any atom is -0.462 e. The van der Waals surface area contributed by atoms with Crippen molar-refractivity contribution in [2.24, 2.45) is 0 Å². The number of hydrogen-bond acceptors (Lipinski definition) is 5. The molecule has 0 fully saturated rings. The van der Waals surface area contributed by atoms with Gasteiger partial charge in [0.25, 0.3) is 0 Å². The summed E-state index contributed by atoms with van der Waals surface area (Å²) in [4.78, 5) is 25.6. The van der Waals surface area contributed by atoms with Crippen LogP contribution in [0.5, 0.6) is 0 Å². The van der Waals surface area contributed by atoms with Crippen molar-refractivity contribution in [2.45, 2.75) is 6.92 Å². The fraction of sp³-hybridized carbons (Fsp3) is 0.100. The van der Waals surface area contributed by atoms with Gasteiger partial charge in [0.15, 0.2) is 5.78 Å². The lowest BCUT2D eigenvalue weighted by Crippen LogP contribution is -2.13. The van der Waals surface area contributed by atoms with Crippen molar-refractivity contribution in [2.75, 3.05) is 12.3 Å². The van der Waals surface area contributed by atoms with Crippen molar-refractivity contribution < 1.29 is 18.7 Å². The highest BCUT2D eigenvalue weighted by Gasteiger charge is 2.31. The SMILES string of the molecule is CCOC(=O)c1c(N)oc(-c2cccc(Cl)c2)c1C(=O)c1ccc(Cl)cc1. The molecule has 0 saturated carbocycles. The predicted octanol–water partition coefficient (Wildman–Crippen LogP) is 5.24. The number of benzene rings is 2. The maximum absolute atomic E-state index is 13.2. The molecule has 7 heteroatoms. The molecule has 3 aromatic rings. The fourth-order valence-electron chi connectivity index (χ4n) is 2.65. The van der Waals surface area contributed by atoms with Crippen molar-refractivity contribution in [3.05, 3.63) is 75.3 Å². The summed E-state index contributed by atoms with van der Waals surface area (Å²) in [5.41, 5.74) is 6.68. The summed E-state index contributed by atoms with van der Waals surface area (Å²) in [5, 5.41) is 0.934. The first kappa shape index (κ1) is 19.0. The summed E-state index contributed by atoms with van der Waals surface area (Å²) in [7, 11) is 0. The molecule has 0 aliphatic rings. The average Bonchev–Trinajstić information content (AvgIpc) is 2.99. The standard InChI is InChI=1S/C20H15Cl2NO4/c1-2-26-20(25)16-15(17(24)11-6-8-13(21)9-7-11)18(27-19(16)23)12-4-3-5-14(22)10-12/h3-10H,2,23H2,1H3.